The van der Waals surface area contributed by atoms with Gasteiger partial charge >= 0.3 is 0 Å². The average Bonchev–Trinajstić information content (AvgIpc) is 2.38. The van der Waals surface area contributed by atoms with Gasteiger partial charge in [0, 0.05) is 43.0 Å². The maximum absolute atomic E-state index is 11.3. The van der Waals surface area contributed by atoms with E-state index < -0.39 is 0 Å². The van der Waals surface area contributed by atoms with Crippen LogP contribution in [0.1, 0.15) is 38.1 Å². The van der Waals surface area contributed by atoms with Crippen LogP contribution in [0.2, 0.25) is 0 Å². The molecule has 0 aromatic heterocycles. The van der Waals surface area contributed by atoms with E-state index in [4.69, 9.17) is 0 Å². The minimum Gasteiger partial charge on any atom is -0.369 e. The highest BCUT2D eigenvalue weighted by atomic mass is 16.1. The summed E-state index contributed by atoms with van der Waals surface area (Å²) < 4.78 is 0. The molecule has 0 spiro atoms. The van der Waals surface area contributed by atoms with Crippen molar-refractivity contribution in [1.29, 1.82) is 0 Å². The Labute approximate surface area is 116 Å². The summed E-state index contributed by atoms with van der Waals surface area (Å²) in [5.74, 6) is 0.129. The van der Waals surface area contributed by atoms with Crippen molar-refractivity contribution in [3.8, 4) is 0 Å². The Morgan fingerprint density at radius 1 is 1.00 bits per heavy atom. The highest BCUT2D eigenvalue weighted by molar-refractivity contribution is 5.94. The summed E-state index contributed by atoms with van der Waals surface area (Å²) in [6.07, 6.45) is 0. The van der Waals surface area contributed by atoms with Crippen LogP contribution in [-0.2, 0) is 0 Å². The third-order valence-corrected chi connectivity index (χ3v) is 3.87. The normalized spacial score (nSPS) is 17.6. The summed E-state index contributed by atoms with van der Waals surface area (Å²) in [6.45, 7) is 12.7. The second-order valence-electron chi connectivity index (χ2n) is 6.25. The zero-order valence-corrected chi connectivity index (χ0v) is 12.4. The summed E-state index contributed by atoms with van der Waals surface area (Å²) in [5.41, 5.74) is 2.26. The van der Waals surface area contributed by atoms with Crippen molar-refractivity contribution >= 4 is 11.5 Å². The zero-order chi connectivity index (χ0) is 14.0. The Kier molecular flexibility index (Phi) is 3.95. The quantitative estimate of drug-likeness (QED) is 0.764. The van der Waals surface area contributed by atoms with Crippen molar-refractivity contribution in [2.45, 2.75) is 33.2 Å². The Morgan fingerprint density at radius 2 is 1.53 bits per heavy atom. The van der Waals surface area contributed by atoms with Crippen LogP contribution in [0.25, 0.3) is 0 Å². The average molecular weight is 260 g/mol. The first kappa shape index (κ1) is 14.1. The maximum Gasteiger partial charge on any atom is 0.159 e. The molecule has 1 aliphatic rings. The monoisotopic (exact) mass is 260 g/mol. The predicted molar refractivity (Wildman–Crippen MR) is 80.0 cm³/mol. The van der Waals surface area contributed by atoms with Gasteiger partial charge in [-0.05, 0) is 52.0 Å². The van der Waals surface area contributed by atoms with Gasteiger partial charge in [0.15, 0.2) is 5.78 Å². The van der Waals surface area contributed by atoms with E-state index in [1.165, 1.54) is 5.69 Å². The molecule has 0 aliphatic carbocycles. The van der Waals surface area contributed by atoms with E-state index in [2.05, 4.69) is 42.7 Å². The van der Waals surface area contributed by atoms with Gasteiger partial charge in [-0.25, -0.2) is 0 Å². The number of nitrogens with zero attached hydrogens (tertiary/aromatic N) is 2. The summed E-state index contributed by atoms with van der Waals surface area (Å²) in [6, 6.07) is 7.97. The molecule has 1 aliphatic heterocycles. The van der Waals surface area contributed by atoms with Crippen LogP contribution in [-0.4, -0.2) is 42.4 Å². The first-order valence-electron chi connectivity index (χ1n) is 6.99. The Morgan fingerprint density at radius 3 is 1.95 bits per heavy atom. The number of piperazine rings is 1. The van der Waals surface area contributed by atoms with Crippen molar-refractivity contribution in [3.05, 3.63) is 29.8 Å². The molecule has 3 nitrogen and oxygen atoms in total. The highest BCUT2D eigenvalue weighted by Gasteiger charge is 2.25. The molecule has 1 saturated heterocycles. The van der Waals surface area contributed by atoms with Gasteiger partial charge in [0.25, 0.3) is 0 Å². The lowest BCUT2D eigenvalue weighted by molar-refractivity contribution is 0.101. The first-order valence-corrected chi connectivity index (χ1v) is 6.99. The van der Waals surface area contributed by atoms with E-state index in [9.17, 15) is 4.79 Å². The second kappa shape index (κ2) is 5.33. The Balaban J connectivity index is 2.00. The first-order chi connectivity index (χ1) is 8.88. The zero-order valence-electron chi connectivity index (χ0n) is 12.4. The highest BCUT2D eigenvalue weighted by Crippen LogP contribution is 2.21. The largest absolute Gasteiger partial charge is 0.369 e. The third kappa shape index (κ3) is 3.35. The van der Waals surface area contributed by atoms with E-state index >= 15 is 0 Å². The molecule has 0 bridgehead atoms. The van der Waals surface area contributed by atoms with E-state index in [-0.39, 0.29) is 11.3 Å². The molecule has 0 unspecified atom stereocenters. The third-order valence-electron chi connectivity index (χ3n) is 3.87. The van der Waals surface area contributed by atoms with Gasteiger partial charge in [-0.2, -0.15) is 0 Å². The van der Waals surface area contributed by atoms with Gasteiger partial charge in [0.1, 0.15) is 0 Å². The van der Waals surface area contributed by atoms with Gasteiger partial charge in [-0.3, -0.25) is 9.69 Å². The molecule has 19 heavy (non-hydrogen) atoms. The van der Waals surface area contributed by atoms with Crippen LogP contribution >= 0.6 is 0 Å². The van der Waals surface area contributed by atoms with Gasteiger partial charge in [0.05, 0.1) is 0 Å². The molecule has 0 radical (unpaired) electrons. The van der Waals surface area contributed by atoms with E-state index in [0.29, 0.717) is 0 Å². The fourth-order valence-electron chi connectivity index (χ4n) is 2.54. The topological polar surface area (TPSA) is 23.6 Å². The maximum atomic E-state index is 11.3. The van der Waals surface area contributed by atoms with E-state index in [1.54, 1.807) is 6.92 Å². The molecule has 1 aromatic rings. The van der Waals surface area contributed by atoms with Gasteiger partial charge < -0.3 is 4.90 Å². The number of Topliss-reactive ketones (excluding diaryl/α,β-unsaturated/α-hetero) is 1. The summed E-state index contributed by atoms with van der Waals surface area (Å²) in [7, 11) is 0. The summed E-state index contributed by atoms with van der Waals surface area (Å²) in [5, 5.41) is 0. The number of hydrogen-bond acceptors (Lipinski definition) is 3. The molecular formula is C16H24N2O. The van der Waals surface area contributed by atoms with Crippen molar-refractivity contribution in [1.82, 2.24) is 4.90 Å². The molecule has 0 amide bonds. The van der Waals surface area contributed by atoms with Crippen molar-refractivity contribution in [2.24, 2.45) is 0 Å². The van der Waals surface area contributed by atoms with Crippen LogP contribution < -0.4 is 4.90 Å². The predicted octanol–water partition coefficient (Wildman–Crippen LogP) is 2.81. The minimum atomic E-state index is 0.129. The SMILES string of the molecule is CC(=O)c1ccc(N2CCN(C(C)(C)C)CC2)cc1. The number of carbonyl (C=O) groups is 1. The summed E-state index contributed by atoms with van der Waals surface area (Å²) in [4.78, 5) is 16.2. The number of ketones is 1. The number of anilines is 1. The van der Waals surface area contributed by atoms with Crippen LogP contribution in [0.5, 0.6) is 0 Å². The van der Waals surface area contributed by atoms with Crippen molar-refractivity contribution < 1.29 is 4.79 Å². The lowest BCUT2D eigenvalue weighted by Gasteiger charge is -2.43. The van der Waals surface area contributed by atoms with Gasteiger partial charge in [-0.1, -0.05) is 0 Å². The van der Waals surface area contributed by atoms with Crippen molar-refractivity contribution in [2.75, 3.05) is 31.1 Å². The molecular weight excluding hydrogens is 236 g/mol. The molecule has 104 valence electrons. The molecule has 0 atom stereocenters. The fourth-order valence-corrected chi connectivity index (χ4v) is 2.54. The van der Waals surface area contributed by atoms with Crippen LogP contribution in [0, 0.1) is 0 Å². The lowest BCUT2D eigenvalue weighted by atomic mass is 10.0. The van der Waals surface area contributed by atoms with Crippen LogP contribution in [0.4, 0.5) is 5.69 Å². The molecule has 2 rings (SSSR count). The molecule has 3 heteroatoms. The minimum absolute atomic E-state index is 0.129. The van der Waals surface area contributed by atoms with E-state index in [0.717, 1.165) is 31.7 Å². The number of rotatable bonds is 2. The second-order valence-corrected chi connectivity index (χ2v) is 6.25. The molecule has 0 saturated carbocycles. The molecule has 1 aromatic carbocycles. The standard InChI is InChI=1S/C16H24N2O/c1-13(19)14-5-7-15(8-6-14)17-9-11-18(12-10-17)16(2,3)4/h5-8H,9-12H2,1-4H3. The molecule has 0 N–H and O–H groups in total. The smallest absolute Gasteiger partial charge is 0.159 e. The van der Waals surface area contributed by atoms with Crippen LogP contribution in [0.3, 0.4) is 0 Å². The van der Waals surface area contributed by atoms with Crippen molar-refractivity contribution in [3.63, 3.8) is 0 Å². The van der Waals surface area contributed by atoms with E-state index in [1.807, 2.05) is 12.1 Å². The Bertz CT molecular complexity index is 437. The van der Waals surface area contributed by atoms with Gasteiger partial charge in [-0.15, -0.1) is 0 Å². The molecule has 1 fully saturated rings. The number of benzene rings is 1. The van der Waals surface area contributed by atoms with Gasteiger partial charge in [0.2, 0.25) is 0 Å². The summed E-state index contributed by atoms with van der Waals surface area (Å²) >= 11 is 0. The van der Waals surface area contributed by atoms with Crippen LogP contribution in [0.15, 0.2) is 24.3 Å². The number of hydrogen-bond donors (Lipinski definition) is 0. The Hall–Kier alpha value is -1.35. The number of carbonyl (C=O) groups excluding carboxylic acids is 1. The molecule has 1 heterocycles. The lowest BCUT2D eigenvalue weighted by Crippen LogP contribution is -2.53. The fraction of sp³-hybridized carbons (Fsp3) is 0.562.